The molecule has 0 saturated carbocycles. The van der Waals surface area contributed by atoms with Gasteiger partial charge in [-0.05, 0) is 179 Å². The number of amides is 6. The van der Waals surface area contributed by atoms with E-state index in [1.807, 2.05) is 24.3 Å². The molecule has 4 aromatic carbocycles. The number of benzene rings is 4. The number of ether oxygens (including phenoxy) is 7. The van der Waals surface area contributed by atoms with Gasteiger partial charge in [0.2, 0.25) is 6.79 Å². The van der Waals surface area contributed by atoms with Gasteiger partial charge in [-0.2, -0.15) is 0 Å². The minimum absolute atomic E-state index is 0. The van der Waals surface area contributed by atoms with Crippen LogP contribution in [0.15, 0.2) is 97.1 Å². The van der Waals surface area contributed by atoms with Crippen LogP contribution in [0.2, 0.25) is 10.0 Å². The van der Waals surface area contributed by atoms with Gasteiger partial charge in [0.15, 0.2) is 17.3 Å². The van der Waals surface area contributed by atoms with Crippen LogP contribution in [-0.4, -0.2) is 165 Å². The fourth-order valence-electron chi connectivity index (χ4n) is 6.57. The summed E-state index contributed by atoms with van der Waals surface area (Å²) < 4.78 is 51.6. The Morgan fingerprint density at radius 1 is 0.581 bits per heavy atom. The fourth-order valence-corrected chi connectivity index (χ4v) is 6.91. The Kier molecular flexibility index (Phi) is 49.0. The fraction of sp³-hybridized carbons (Fsp3) is 0.468. The summed E-state index contributed by atoms with van der Waals surface area (Å²) in [6, 6.07) is 27.4. The molecule has 0 heterocycles. The number of alkyl carbamates (subject to hydrolysis) is 2. The van der Waals surface area contributed by atoms with E-state index in [1.54, 1.807) is 135 Å². The van der Waals surface area contributed by atoms with Gasteiger partial charge in [0.1, 0.15) is 22.7 Å². The van der Waals surface area contributed by atoms with Gasteiger partial charge in [-0.15, -0.1) is 0 Å². The van der Waals surface area contributed by atoms with E-state index in [-0.39, 0.29) is 164 Å². The molecule has 0 saturated heterocycles. The zero-order valence-electron chi connectivity index (χ0n) is 57.2. The Bertz CT molecular complexity index is 2890. The van der Waals surface area contributed by atoms with Crippen molar-refractivity contribution < 1.29 is 237 Å². The molecule has 6 amide bonds. The zero-order valence-corrected chi connectivity index (χ0v) is 70.0. The predicted octanol–water partition coefficient (Wildman–Crippen LogP) is 3.82. The van der Waals surface area contributed by atoms with Crippen molar-refractivity contribution in [3.8, 4) is 11.5 Å². The normalized spacial score (nSPS) is 10.5. The largest absolute Gasteiger partial charge is 1.00 e. The average Bonchev–Trinajstić information content (AvgIpc) is 0.900. The van der Waals surface area contributed by atoms with Crippen molar-refractivity contribution in [2.75, 3.05) is 73.4 Å². The minimum atomic E-state index is -1.35. The number of carbonyl (C=O) groups is 9. The van der Waals surface area contributed by atoms with Crippen LogP contribution in [0.5, 0.6) is 11.5 Å². The standard InChI is InChI=1S/C30H40ClN3O8.C19H20ClNO4.C11H21ClN2O4.CH3F.CH2O3.2Cs.H/c1-29(2,3)42-27(37)33-17-7-19-34(6)28(38)40-20-39-26(36)30(4,5)41-24-14-8-21(9-15-24)16-18-32-25(35)22-10-12-23(31)13-11-22;1-19(2,18(23)24)25-16-9-3-13(4-10-16)11-12-21-17(22)14-5-7-15(20)8-6-14;1-11(2,3)18-9(15)13-6-5-7-14(4)10(16)17-8-12;1-2;2-1-4-3;;;/h8-15H,7,16-20H2,1-6H3,(H,32,35)(H,33,37);3-10H,11-12H2,1-2H3,(H,21,22)(H,23,24);5-8H2,1-4H3,(H,13,15);1H3;1,3H;;;/q;;;;;2*+1;-1/p-1/i;;;1D;;;;. The first-order chi connectivity index (χ1) is 43.0. The molecule has 5 N–H and O–H groups in total. The van der Waals surface area contributed by atoms with E-state index in [2.05, 4.69) is 30.9 Å². The van der Waals surface area contributed by atoms with Crippen molar-refractivity contribution in [2.45, 2.75) is 117 Å². The number of alkyl halides is 2. The van der Waals surface area contributed by atoms with Gasteiger partial charge in [-0.3, -0.25) is 18.8 Å². The number of esters is 1. The maximum atomic E-state index is 12.6. The number of carboxylic acid groups (broad SMARTS) is 1. The molecule has 0 unspecified atom stereocenters. The molecule has 0 radical (unpaired) electrons. The summed E-state index contributed by atoms with van der Waals surface area (Å²) in [5.41, 5.74) is -0.660. The van der Waals surface area contributed by atoms with E-state index >= 15 is 0 Å². The molecule has 4 aromatic rings. The van der Waals surface area contributed by atoms with E-state index in [1.165, 1.54) is 30.7 Å². The summed E-state index contributed by atoms with van der Waals surface area (Å²) in [6.07, 6.45) is 0.175. The minimum Gasteiger partial charge on any atom is -1.00 e. The number of nitrogens with one attached hydrogen (secondary N) is 4. The molecule has 0 aromatic heterocycles. The van der Waals surface area contributed by atoms with Crippen LogP contribution in [0.1, 0.15) is 117 Å². The van der Waals surface area contributed by atoms with Gasteiger partial charge in [-0.1, -0.05) is 59.1 Å². The van der Waals surface area contributed by atoms with E-state index in [0.717, 1.165) is 11.1 Å². The van der Waals surface area contributed by atoms with Gasteiger partial charge in [0.25, 0.3) is 18.3 Å². The van der Waals surface area contributed by atoms with Gasteiger partial charge < -0.3 is 80.9 Å². The summed E-state index contributed by atoms with van der Waals surface area (Å²) in [4.78, 5) is 108. The smallest absolute Gasteiger partial charge is 1.00 e. The molecule has 4 rings (SSSR count). The second-order valence-corrected chi connectivity index (χ2v) is 23.0. The van der Waals surface area contributed by atoms with Crippen LogP contribution in [-0.2, 0) is 55.8 Å². The van der Waals surface area contributed by atoms with Gasteiger partial charge in [-0.25, -0.2) is 28.8 Å². The summed E-state index contributed by atoms with van der Waals surface area (Å²) >= 11 is 16.9. The van der Waals surface area contributed by atoms with Crippen LogP contribution in [0.4, 0.5) is 23.6 Å². The monoisotopic (exact) mass is 1610 g/mol. The van der Waals surface area contributed by atoms with E-state index in [9.17, 15) is 42.7 Å². The first-order valence-corrected chi connectivity index (χ1v) is 29.2. The Labute approximate surface area is 679 Å². The molecule has 25 nitrogen and oxygen atoms in total. The van der Waals surface area contributed by atoms with Crippen LogP contribution >= 0.6 is 34.8 Å². The third-order valence-corrected chi connectivity index (χ3v) is 11.7. The SMILES string of the molecule is CC(C)(Oc1ccc(CCNC(=O)c2ccc(Cl)cc2)cc1)C(=O)O.CN(CCCNC(=O)OC(C)(C)C)C(=O)OCCl.CN(CCCNC(=O)OC(C)(C)C)C(=O)OCOC(=O)C(C)(C)Oc1ccc(CCNC(=O)c2ccc(Cl)cc2)cc1.O=CO[O-].[2H]CF.[Cs+].[Cs+].[H-]. The molecule has 508 valence electrons. The van der Waals surface area contributed by atoms with E-state index in [0.29, 0.717) is 97.6 Å². The number of rotatable bonds is 26. The first-order valence-electron chi connectivity index (χ1n) is 28.6. The molecule has 0 aliphatic carbocycles. The van der Waals surface area contributed by atoms with Crippen molar-refractivity contribution in [2.24, 2.45) is 0 Å². The molecule has 0 bridgehead atoms. The molecular weight excluding hydrogens is 1520 g/mol. The third-order valence-electron chi connectivity index (χ3n) is 11.1. The van der Waals surface area contributed by atoms with Crippen molar-refractivity contribution in [3.05, 3.63) is 129 Å². The van der Waals surface area contributed by atoms with Crippen molar-refractivity contribution >= 4 is 89.4 Å². The molecule has 0 spiro atoms. The van der Waals surface area contributed by atoms with Crippen LogP contribution in [0.25, 0.3) is 0 Å². The summed E-state index contributed by atoms with van der Waals surface area (Å²) in [6.45, 7) is 18.4. The Morgan fingerprint density at radius 3 is 1.25 bits per heavy atom. The quantitative estimate of drug-likeness (QED) is 0.00872. The van der Waals surface area contributed by atoms with Crippen molar-refractivity contribution in [3.63, 3.8) is 0 Å². The maximum Gasteiger partial charge on any atom is 1.00 e. The number of aliphatic carboxylic acids is 1. The average molecular weight is 1610 g/mol. The second kappa shape index (κ2) is 50.2. The number of carboxylic acids is 1. The van der Waals surface area contributed by atoms with Crippen molar-refractivity contribution in [1.29, 1.82) is 0 Å². The van der Waals surface area contributed by atoms with Gasteiger partial charge in [0, 0.05) is 74.5 Å². The molecule has 0 aliphatic rings. The van der Waals surface area contributed by atoms with Crippen LogP contribution in [0.3, 0.4) is 0 Å². The second-order valence-electron chi connectivity index (χ2n) is 21.9. The summed E-state index contributed by atoms with van der Waals surface area (Å²) in [5.74, 6) is -1.14. The molecule has 0 fully saturated rings. The van der Waals surface area contributed by atoms with Gasteiger partial charge in [0.05, 0.1) is 8.52 Å². The van der Waals surface area contributed by atoms with E-state index < -0.39 is 72.7 Å². The van der Waals surface area contributed by atoms with Crippen molar-refractivity contribution in [1.82, 2.24) is 31.1 Å². The maximum absolute atomic E-state index is 12.6. The summed E-state index contributed by atoms with van der Waals surface area (Å²) in [7, 11) is 2.13. The summed E-state index contributed by atoms with van der Waals surface area (Å²) in [5, 5.41) is 29.6. The van der Waals surface area contributed by atoms with Gasteiger partial charge >= 0.3 is 174 Å². The third kappa shape index (κ3) is 45.0. The van der Waals surface area contributed by atoms with Crippen LogP contribution in [0, 0.1) is 0 Å². The van der Waals surface area contributed by atoms with Crippen LogP contribution < -0.4 is 174 Å². The number of hydrogen-bond acceptors (Lipinski definition) is 18. The Hall–Kier alpha value is -4.23. The number of halogens is 4. The molecule has 0 aliphatic heterocycles. The first kappa shape index (κ1) is 90.8. The number of carbonyl (C=O) groups excluding carboxylic acids is 8. The Morgan fingerprint density at radius 2 is 0.925 bits per heavy atom. The molecule has 93 heavy (non-hydrogen) atoms. The molecular formula is C62H86Cl3Cs2FN6O19. The number of hydrogen-bond donors (Lipinski definition) is 5. The number of nitrogens with zero attached hydrogens (tertiary/aromatic N) is 2. The molecule has 31 heteroatoms. The van der Waals surface area contributed by atoms with E-state index in [4.69, 9.17) is 79.8 Å². The topological polar surface area (TPSA) is 325 Å². The molecule has 0 atom stereocenters. The zero-order chi connectivity index (χ0) is 70.1. The Balaban J connectivity index is -0.000000663. The predicted molar refractivity (Wildman–Crippen MR) is 338 cm³/mol.